The summed E-state index contributed by atoms with van der Waals surface area (Å²) in [5, 5.41) is 4.31. The number of benzene rings is 1. The van der Waals surface area contributed by atoms with Crippen LogP contribution >= 0.6 is 0 Å². The van der Waals surface area contributed by atoms with Crippen LogP contribution in [0.2, 0.25) is 0 Å². The summed E-state index contributed by atoms with van der Waals surface area (Å²) >= 11 is 0. The maximum atomic E-state index is 12.4. The number of hydrogen-bond donors (Lipinski definition) is 1. The summed E-state index contributed by atoms with van der Waals surface area (Å²) in [6.45, 7) is 8.05. The minimum atomic E-state index is -0.301. The lowest BCUT2D eigenvalue weighted by atomic mass is 9.85. The second-order valence-corrected chi connectivity index (χ2v) is 5.97. The number of amides is 1. The van der Waals surface area contributed by atoms with Gasteiger partial charge in [0.1, 0.15) is 11.5 Å². The number of rotatable bonds is 5. The summed E-state index contributed by atoms with van der Waals surface area (Å²) in [5.74, 6) is 1.19. The van der Waals surface area contributed by atoms with E-state index in [4.69, 9.17) is 9.47 Å². The molecule has 1 N–H and O–H groups in total. The first-order valence-corrected chi connectivity index (χ1v) is 7.87. The van der Waals surface area contributed by atoms with Gasteiger partial charge in [-0.1, -0.05) is 18.2 Å². The van der Waals surface area contributed by atoms with E-state index in [0.717, 1.165) is 29.7 Å². The van der Waals surface area contributed by atoms with Crippen LogP contribution in [0.3, 0.4) is 0 Å². The van der Waals surface area contributed by atoms with Crippen LogP contribution in [0.15, 0.2) is 47.1 Å². The van der Waals surface area contributed by atoms with Crippen LogP contribution in [0, 0.1) is 5.92 Å². The zero-order valence-electron chi connectivity index (χ0n) is 14.7. The third kappa shape index (κ3) is 4.25. The van der Waals surface area contributed by atoms with Gasteiger partial charge in [-0.3, -0.25) is 4.79 Å². The van der Waals surface area contributed by atoms with Crippen molar-refractivity contribution in [3.05, 3.63) is 47.6 Å². The Morgan fingerprint density at radius 2 is 1.88 bits per heavy atom. The fraction of sp³-hybridized carbons (Fsp3) is 0.368. The van der Waals surface area contributed by atoms with E-state index in [1.165, 1.54) is 0 Å². The zero-order chi connectivity index (χ0) is 17.7. The average Bonchev–Trinajstić information content (AvgIpc) is 2.59. The third-order valence-corrected chi connectivity index (χ3v) is 4.21. The Balaban J connectivity index is 2.16. The van der Waals surface area contributed by atoms with Crippen LogP contribution in [0.5, 0.6) is 11.5 Å². The molecule has 0 heterocycles. The van der Waals surface area contributed by atoms with Gasteiger partial charge in [-0.05, 0) is 50.3 Å². The van der Waals surface area contributed by atoms with Crippen LogP contribution < -0.4 is 14.9 Å². The Morgan fingerprint density at radius 1 is 1.25 bits per heavy atom. The molecule has 0 bridgehead atoms. The molecule has 0 aliphatic heterocycles. The lowest BCUT2D eigenvalue weighted by Gasteiger charge is -2.22. The molecule has 1 amide bonds. The van der Waals surface area contributed by atoms with E-state index in [-0.39, 0.29) is 5.91 Å². The second-order valence-electron chi connectivity index (χ2n) is 5.97. The number of nitrogens with one attached hydrogen (secondary N) is 1. The van der Waals surface area contributed by atoms with Crippen molar-refractivity contribution in [1.29, 1.82) is 0 Å². The third-order valence-electron chi connectivity index (χ3n) is 4.21. The molecular weight excluding hydrogens is 304 g/mol. The molecule has 0 fully saturated rings. The first-order chi connectivity index (χ1) is 11.4. The van der Waals surface area contributed by atoms with E-state index in [0.29, 0.717) is 23.0 Å². The highest BCUT2D eigenvalue weighted by atomic mass is 16.5. The van der Waals surface area contributed by atoms with E-state index in [9.17, 15) is 4.79 Å². The highest BCUT2D eigenvalue weighted by Crippen LogP contribution is 2.26. The van der Waals surface area contributed by atoms with Crippen molar-refractivity contribution in [2.24, 2.45) is 11.0 Å². The maximum Gasteiger partial charge on any atom is 0.271 e. The molecule has 0 unspecified atom stereocenters. The molecule has 0 saturated heterocycles. The zero-order valence-corrected chi connectivity index (χ0v) is 14.7. The molecular formula is C19H24N2O3. The first kappa shape index (κ1) is 17.8. The molecule has 0 saturated carbocycles. The Morgan fingerprint density at radius 3 is 2.42 bits per heavy atom. The number of ether oxygens (including phenoxy) is 2. The van der Waals surface area contributed by atoms with Crippen molar-refractivity contribution in [3.8, 4) is 11.5 Å². The average molecular weight is 328 g/mol. The van der Waals surface area contributed by atoms with Gasteiger partial charge in [0, 0.05) is 11.6 Å². The van der Waals surface area contributed by atoms with E-state index in [1.54, 1.807) is 32.4 Å². The van der Waals surface area contributed by atoms with Crippen molar-refractivity contribution in [1.82, 2.24) is 5.43 Å². The topological polar surface area (TPSA) is 59.9 Å². The summed E-state index contributed by atoms with van der Waals surface area (Å²) < 4.78 is 10.4. The number of nitrogens with zero attached hydrogens (tertiary/aromatic N) is 1. The van der Waals surface area contributed by atoms with Crippen molar-refractivity contribution < 1.29 is 14.3 Å². The highest BCUT2D eigenvalue weighted by molar-refractivity contribution is 6.02. The summed E-state index contributed by atoms with van der Waals surface area (Å²) in [6.07, 6.45) is 3.91. The standard InChI is InChI=1S/C19H24N2O3/c1-12(2)14-7-6-13(3)18(10-14)20-21-19(22)15-8-16(23-4)11-17(9-15)24-5/h6,8-9,11,14H,1,7,10H2,2-5H3,(H,21,22)/b20-18-/t14-/m1/s1. The van der Waals surface area contributed by atoms with Crippen molar-refractivity contribution in [3.63, 3.8) is 0 Å². The molecule has 1 atom stereocenters. The Bertz CT molecular complexity index is 682. The van der Waals surface area contributed by atoms with Gasteiger partial charge in [-0.15, -0.1) is 0 Å². The molecule has 1 aromatic rings. The summed E-state index contributed by atoms with van der Waals surface area (Å²) in [4.78, 5) is 12.4. The second kappa shape index (κ2) is 7.81. The van der Waals surface area contributed by atoms with Gasteiger partial charge in [0.05, 0.1) is 19.9 Å². The normalized spacial score (nSPS) is 18.8. The predicted octanol–water partition coefficient (Wildman–Crippen LogP) is 3.72. The van der Waals surface area contributed by atoms with Crippen LogP contribution in [0.1, 0.15) is 37.0 Å². The minimum Gasteiger partial charge on any atom is -0.497 e. The molecule has 0 radical (unpaired) electrons. The lowest BCUT2D eigenvalue weighted by Crippen LogP contribution is -2.23. The maximum absolute atomic E-state index is 12.4. The lowest BCUT2D eigenvalue weighted by molar-refractivity contribution is 0.0954. The Labute approximate surface area is 143 Å². The number of allylic oxidation sites excluding steroid dienone is 3. The van der Waals surface area contributed by atoms with E-state index >= 15 is 0 Å². The van der Waals surface area contributed by atoms with Crippen LogP contribution in [-0.2, 0) is 0 Å². The summed E-state index contributed by atoms with van der Waals surface area (Å²) in [5.41, 5.74) is 6.18. The fourth-order valence-electron chi connectivity index (χ4n) is 2.55. The van der Waals surface area contributed by atoms with Crippen LogP contribution in [-0.4, -0.2) is 25.8 Å². The molecule has 0 aromatic heterocycles. The van der Waals surface area contributed by atoms with E-state index in [1.807, 2.05) is 13.8 Å². The molecule has 0 spiro atoms. The molecule has 1 aliphatic rings. The summed E-state index contributed by atoms with van der Waals surface area (Å²) in [6, 6.07) is 5.02. The molecule has 2 rings (SSSR count). The highest BCUT2D eigenvalue weighted by Gasteiger charge is 2.19. The van der Waals surface area contributed by atoms with Gasteiger partial charge < -0.3 is 9.47 Å². The van der Waals surface area contributed by atoms with Crippen molar-refractivity contribution >= 4 is 11.6 Å². The van der Waals surface area contributed by atoms with Gasteiger partial charge in [0.15, 0.2) is 0 Å². The van der Waals surface area contributed by atoms with Gasteiger partial charge in [-0.2, -0.15) is 5.10 Å². The minimum absolute atomic E-state index is 0.301. The molecule has 24 heavy (non-hydrogen) atoms. The number of hydrazone groups is 1. The van der Waals surface area contributed by atoms with Crippen molar-refractivity contribution in [2.45, 2.75) is 26.7 Å². The van der Waals surface area contributed by atoms with Crippen LogP contribution in [0.25, 0.3) is 0 Å². The van der Waals surface area contributed by atoms with Gasteiger partial charge in [-0.25, -0.2) is 5.43 Å². The molecule has 1 aliphatic carbocycles. The molecule has 5 nitrogen and oxygen atoms in total. The van der Waals surface area contributed by atoms with Crippen LogP contribution in [0.4, 0.5) is 0 Å². The Hall–Kier alpha value is -2.56. The smallest absolute Gasteiger partial charge is 0.271 e. The molecule has 128 valence electrons. The monoisotopic (exact) mass is 328 g/mol. The van der Waals surface area contributed by atoms with E-state index < -0.39 is 0 Å². The molecule has 5 heteroatoms. The quantitative estimate of drug-likeness (QED) is 0.662. The van der Waals surface area contributed by atoms with Gasteiger partial charge in [0.2, 0.25) is 0 Å². The van der Waals surface area contributed by atoms with Crippen molar-refractivity contribution in [2.75, 3.05) is 14.2 Å². The predicted molar refractivity (Wildman–Crippen MR) is 95.7 cm³/mol. The van der Waals surface area contributed by atoms with Gasteiger partial charge in [0.25, 0.3) is 5.91 Å². The number of methoxy groups -OCH3 is 2. The molecule has 1 aromatic carbocycles. The first-order valence-electron chi connectivity index (χ1n) is 7.87. The van der Waals surface area contributed by atoms with E-state index in [2.05, 4.69) is 23.2 Å². The largest absolute Gasteiger partial charge is 0.497 e. The summed E-state index contributed by atoms with van der Waals surface area (Å²) in [7, 11) is 3.09. The number of hydrogen-bond acceptors (Lipinski definition) is 4. The SMILES string of the molecule is C=C(C)[C@@H]1CC=C(C)/C(=N\NC(=O)c2cc(OC)cc(OC)c2)C1. The number of carbonyl (C=O) groups excluding carboxylic acids is 1. The fourth-order valence-corrected chi connectivity index (χ4v) is 2.55. The number of carbonyl (C=O) groups is 1. The Kier molecular flexibility index (Phi) is 5.79. The van der Waals surface area contributed by atoms with Gasteiger partial charge >= 0.3 is 0 Å².